The van der Waals surface area contributed by atoms with Crippen LogP contribution in [0.15, 0.2) is 42.6 Å². The first-order chi connectivity index (χ1) is 15.6. The summed E-state index contributed by atoms with van der Waals surface area (Å²) in [6.07, 6.45) is 7.69. The standard InChI is InChI=1S/C26H30N4O2/c27-16-20-15-21(19-5-2-1-3-6-19)17-28-24(20)29-13-4-11-26(18-29)12-14-30(25(26)32)22-7-9-23(31)10-8-22/h1-3,5-6,15,17,22-23,31H,4,7-14,18H2/t22?,23?,26-/m1/s1. The highest BCUT2D eigenvalue weighted by Gasteiger charge is 2.51. The summed E-state index contributed by atoms with van der Waals surface area (Å²) in [4.78, 5) is 22.5. The van der Waals surface area contributed by atoms with Gasteiger partial charge >= 0.3 is 0 Å². The zero-order chi connectivity index (χ0) is 22.1. The zero-order valence-corrected chi connectivity index (χ0v) is 18.4. The first-order valence-electron chi connectivity index (χ1n) is 11.8. The second kappa shape index (κ2) is 8.55. The van der Waals surface area contributed by atoms with E-state index in [1.165, 1.54) is 0 Å². The van der Waals surface area contributed by atoms with E-state index in [2.05, 4.69) is 15.9 Å². The number of piperidine rings is 1. The molecule has 0 unspecified atom stereocenters. The normalized spacial score (nSPS) is 28.2. The number of hydrogen-bond acceptors (Lipinski definition) is 5. The molecule has 1 amide bonds. The van der Waals surface area contributed by atoms with E-state index in [1.54, 1.807) is 0 Å². The Labute approximate surface area is 189 Å². The lowest BCUT2D eigenvalue weighted by Gasteiger charge is -2.41. The summed E-state index contributed by atoms with van der Waals surface area (Å²) in [7, 11) is 0. The van der Waals surface area contributed by atoms with Crippen molar-refractivity contribution in [2.45, 2.75) is 57.1 Å². The Hall–Kier alpha value is -2.91. The molecule has 1 aliphatic carbocycles. The van der Waals surface area contributed by atoms with Gasteiger partial charge in [-0.15, -0.1) is 0 Å². The van der Waals surface area contributed by atoms with Crippen LogP contribution in [0.3, 0.4) is 0 Å². The maximum absolute atomic E-state index is 13.6. The Morgan fingerprint density at radius 2 is 1.84 bits per heavy atom. The van der Waals surface area contributed by atoms with Crippen molar-refractivity contribution in [3.8, 4) is 17.2 Å². The fourth-order valence-corrected chi connectivity index (χ4v) is 5.84. The van der Waals surface area contributed by atoms with Crippen molar-refractivity contribution < 1.29 is 9.90 Å². The minimum absolute atomic E-state index is 0.211. The number of benzene rings is 1. The van der Waals surface area contributed by atoms with Gasteiger partial charge in [-0.05, 0) is 56.6 Å². The molecule has 1 N–H and O–H groups in total. The maximum Gasteiger partial charge on any atom is 0.230 e. The number of pyridine rings is 1. The Morgan fingerprint density at radius 3 is 2.59 bits per heavy atom. The lowest BCUT2D eigenvalue weighted by molar-refractivity contribution is -0.139. The number of nitrogens with zero attached hydrogens (tertiary/aromatic N) is 4. The molecule has 1 aromatic heterocycles. The summed E-state index contributed by atoms with van der Waals surface area (Å²) in [5, 5.41) is 19.7. The van der Waals surface area contributed by atoms with Crippen molar-refractivity contribution in [2.75, 3.05) is 24.5 Å². The number of hydrogen-bond donors (Lipinski definition) is 1. The number of likely N-dealkylation sites (tertiary alicyclic amines) is 1. The third-order valence-corrected chi connectivity index (χ3v) is 7.62. The summed E-state index contributed by atoms with van der Waals surface area (Å²) in [5.74, 6) is 0.960. The highest BCUT2D eigenvalue weighted by Crippen LogP contribution is 2.43. The van der Waals surface area contributed by atoms with Crippen LogP contribution in [0.2, 0.25) is 0 Å². The van der Waals surface area contributed by atoms with Crippen LogP contribution in [0, 0.1) is 16.7 Å². The molecular weight excluding hydrogens is 400 g/mol. The van der Waals surface area contributed by atoms with E-state index in [1.807, 2.05) is 42.6 Å². The van der Waals surface area contributed by atoms with Gasteiger partial charge in [0.05, 0.1) is 17.1 Å². The molecule has 1 aromatic carbocycles. The molecule has 3 heterocycles. The van der Waals surface area contributed by atoms with E-state index in [9.17, 15) is 15.2 Å². The molecule has 1 spiro atoms. The second-order valence-electron chi connectivity index (χ2n) is 9.59. The fraction of sp³-hybridized carbons (Fsp3) is 0.500. The van der Waals surface area contributed by atoms with Crippen molar-refractivity contribution in [3.63, 3.8) is 0 Å². The molecule has 5 rings (SSSR count). The molecule has 6 heteroatoms. The largest absolute Gasteiger partial charge is 0.393 e. The summed E-state index contributed by atoms with van der Waals surface area (Å²) >= 11 is 0. The van der Waals surface area contributed by atoms with Crippen LogP contribution < -0.4 is 4.90 Å². The monoisotopic (exact) mass is 430 g/mol. The van der Waals surface area contributed by atoms with E-state index in [4.69, 9.17) is 4.98 Å². The van der Waals surface area contributed by atoms with E-state index in [-0.39, 0.29) is 23.5 Å². The third kappa shape index (κ3) is 3.75. The summed E-state index contributed by atoms with van der Waals surface area (Å²) in [6, 6.07) is 14.5. The zero-order valence-electron chi connectivity index (χ0n) is 18.4. The van der Waals surface area contributed by atoms with Gasteiger partial charge in [0.1, 0.15) is 11.9 Å². The average Bonchev–Trinajstić information content (AvgIpc) is 3.15. The molecule has 3 aliphatic rings. The third-order valence-electron chi connectivity index (χ3n) is 7.62. The molecule has 2 aromatic rings. The first kappa shape index (κ1) is 21.0. The van der Waals surface area contributed by atoms with E-state index < -0.39 is 0 Å². The molecule has 2 saturated heterocycles. The predicted octanol–water partition coefficient (Wildman–Crippen LogP) is 3.74. The molecule has 0 bridgehead atoms. The Morgan fingerprint density at radius 1 is 1.06 bits per heavy atom. The fourth-order valence-electron chi connectivity index (χ4n) is 5.84. The predicted molar refractivity (Wildman–Crippen MR) is 123 cm³/mol. The van der Waals surface area contributed by atoms with Gasteiger partial charge in [-0.25, -0.2) is 4.98 Å². The molecular formula is C26H30N4O2. The lowest BCUT2D eigenvalue weighted by Crippen LogP contribution is -2.50. The van der Waals surface area contributed by atoms with Gasteiger partial charge in [0.15, 0.2) is 0 Å². The lowest BCUT2D eigenvalue weighted by atomic mass is 9.78. The van der Waals surface area contributed by atoms with Crippen molar-refractivity contribution in [3.05, 3.63) is 48.2 Å². The SMILES string of the molecule is N#Cc1cc(-c2ccccc2)cnc1N1CCC[C@@]2(CCN(C3CCC(O)CC3)C2=O)C1. The average molecular weight is 431 g/mol. The van der Waals surface area contributed by atoms with Crippen molar-refractivity contribution in [2.24, 2.45) is 5.41 Å². The van der Waals surface area contributed by atoms with Crippen molar-refractivity contribution >= 4 is 11.7 Å². The second-order valence-corrected chi connectivity index (χ2v) is 9.59. The first-order valence-corrected chi connectivity index (χ1v) is 11.8. The number of nitriles is 1. The van der Waals surface area contributed by atoms with Gasteiger partial charge in [-0.3, -0.25) is 4.79 Å². The van der Waals surface area contributed by atoms with E-state index in [0.29, 0.717) is 17.9 Å². The Bertz CT molecular complexity index is 1030. The van der Waals surface area contributed by atoms with Crippen LogP contribution in [0.1, 0.15) is 50.5 Å². The summed E-state index contributed by atoms with van der Waals surface area (Å²) in [5.41, 5.74) is 2.16. The highest BCUT2D eigenvalue weighted by atomic mass is 16.3. The maximum atomic E-state index is 13.6. The number of aliphatic hydroxyl groups is 1. The minimum atomic E-state index is -0.374. The van der Waals surface area contributed by atoms with E-state index in [0.717, 1.165) is 69.2 Å². The molecule has 3 fully saturated rings. The molecule has 1 atom stereocenters. The van der Waals surface area contributed by atoms with Gasteiger partial charge in [-0.2, -0.15) is 5.26 Å². The number of anilines is 1. The highest BCUT2D eigenvalue weighted by molar-refractivity contribution is 5.86. The van der Waals surface area contributed by atoms with Crippen LogP contribution >= 0.6 is 0 Å². The number of aliphatic hydroxyl groups excluding tert-OH is 1. The van der Waals surface area contributed by atoms with Crippen LogP contribution in [0.4, 0.5) is 5.82 Å². The Balaban J connectivity index is 1.36. The molecule has 32 heavy (non-hydrogen) atoms. The number of carbonyl (C=O) groups excluding carboxylic acids is 1. The van der Waals surface area contributed by atoms with Gasteiger partial charge in [0.25, 0.3) is 0 Å². The summed E-state index contributed by atoms with van der Waals surface area (Å²) < 4.78 is 0. The molecule has 2 aliphatic heterocycles. The minimum Gasteiger partial charge on any atom is -0.393 e. The van der Waals surface area contributed by atoms with Crippen molar-refractivity contribution in [1.29, 1.82) is 5.26 Å². The number of carbonyl (C=O) groups is 1. The van der Waals surface area contributed by atoms with Crippen LogP contribution in [0.25, 0.3) is 11.1 Å². The van der Waals surface area contributed by atoms with Gasteiger partial charge in [0, 0.05) is 37.4 Å². The van der Waals surface area contributed by atoms with Crippen LogP contribution in [-0.4, -0.2) is 52.7 Å². The number of aromatic nitrogens is 1. The smallest absolute Gasteiger partial charge is 0.230 e. The molecule has 0 radical (unpaired) electrons. The number of rotatable bonds is 3. The summed E-state index contributed by atoms with van der Waals surface area (Å²) in [6.45, 7) is 2.25. The van der Waals surface area contributed by atoms with Gasteiger partial charge in [0.2, 0.25) is 5.91 Å². The quantitative estimate of drug-likeness (QED) is 0.802. The molecule has 1 saturated carbocycles. The van der Waals surface area contributed by atoms with Crippen LogP contribution in [0.5, 0.6) is 0 Å². The molecule has 6 nitrogen and oxygen atoms in total. The van der Waals surface area contributed by atoms with Gasteiger partial charge in [-0.1, -0.05) is 30.3 Å². The van der Waals surface area contributed by atoms with Crippen LogP contribution in [-0.2, 0) is 4.79 Å². The number of amides is 1. The van der Waals surface area contributed by atoms with Gasteiger partial charge < -0.3 is 14.9 Å². The van der Waals surface area contributed by atoms with E-state index >= 15 is 0 Å². The molecule has 166 valence electrons. The van der Waals surface area contributed by atoms with Crippen molar-refractivity contribution in [1.82, 2.24) is 9.88 Å². The topological polar surface area (TPSA) is 80.5 Å². The Kier molecular flexibility index (Phi) is 5.60.